The van der Waals surface area contributed by atoms with Crippen LogP contribution >= 0.6 is 11.6 Å². The maximum atomic E-state index is 12.4. The van der Waals surface area contributed by atoms with E-state index in [0.717, 1.165) is 0 Å². The molecule has 0 amide bonds. The van der Waals surface area contributed by atoms with Gasteiger partial charge in [0.05, 0.1) is 28.1 Å². The number of hydrogen-bond acceptors (Lipinski definition) is 6. The highest BCUT2D eigenvalue weighted by Crippen LogP contribution is 2.14. The number of halogens is 1. The average molecular weight is 397 g/mol. The van der Waals surface area contributed by atoms with Crippen molar-refractivity contribution in [2.24, 2.45) is 0 Å². The molecule has 0 bridgehead atoms. The first-order valence-electron chi connectivity index (χ1n) is 8.29. The van der Waals surface area contributed by atoms with Crippen LogP contribution in [0.2, 0.25) is 5.02 Å². The molecule has 2 heterocycles. The van der Waals surface area contributed by atoms with Gasteiger partial charge in [-0.3, -0.25) is 19.0 Å². The van der Waals surface area contributed by atoms with Crippen LogP contribution in [0, 0.1) is 0 Å². The predicted octanol–water partition coefficient (Wildman–Crippen LogP) is 2.03. The van der Waals surface area contributed by atoms with Crippen molar-refractivity contribution in [1.82, 2.24) is 19.5 Å². The van der Waals surface area contributed by atoms with Crippen LogP contribution in [0.4, 0.5) is 0 Å². The summed E-state index contributed by atoms with van der Waals surface area (Å²) in [5.41, 5.74) is 0.253. The Morgan fingerprint density at radius 1 is 1.11 bits per heavy atom. The maximum absolute atomic E-state index is 12.4. The summed E-state index contributed by atoms with van der Waals surface area (Å²) < 4.78 is 6.31. The van der Waals surface area contributed by atoms with Crippen molar-refractivity contribution in [3.63, 3.8) is 0 Å². The second kappa shape index (κ2) is 7.24. The minimum atomic E-state index is -0.659. The maximum Gasteiger partial charge on any atom is 0.326 e. The van der Waals surface area contributed by atoms with Gasteiger partial charge in [0, 0.05) is 5.02 Å². The highest BCUT2D eigenvalue weighted by molar-refractivity contribution is 6.31. The zero-order valence-corrected chi connectivity index (χ0v) is 15.1. The summed E-state index contributed by atoms with van der Waals surface area (Å²) in [5.74, 6) is -0.481. The third kappa shape index (κ3) is 3.49. The van der Waals surface area contributed by atoms with Gasteiger partial charge < -0.3 is 9.72 Å². The van der Waals surface area contributed by atoms with E-state index in [9.17, 15) is 14.4 Å². The number of para-hydroxylation sites is 1. The second-order valence-electron chi connectivity index (χ2n) is 6.03. The normalized spacial score (nSPS) is 11.0. The second-order valence-corrected chi connectivity index (χ2v) is 6.47. The van der Waals surface area contributed by atoms with Crippen LogP contribution in [0.25, 0.3) is 21.8 Å². The van der Waals surface area contributed by atoms with Gasteiger partial charge in [0.25, 0.3) is 11.1 Å². The van der Waals surface area contributed by atoms with Crippen molar-refractivity contribution in [2.75, 3.05) is 0 Å². The zero-order valence-electron chi connectivity index (χ0n) is 14.4. The molecular formula is C19H13ClN4O4. The molecule has 0 aliphatic heterocycles. The molecule has 0 saturated carbocycles. The lowest BCUT2D eigenvalue weighted by atomic mass is 10.2. The molecule has 4 rings (SSSR count). The molecule has 2 aromatic heterocycles. The van der Waals surface area contributed by atoms with E-state index in [1.54, 1.807) is 42.5 Å². The number of aromatic nitrogens is 4. The Morgan fingerprint density at radius 3 is 2.79 bits per heavy atom. The number of rotatable bonds is 4. The summed E-state index contributed by atoms with van der Waals surface area (Å²) in [5, 5.41) is 1.24. The largest absolute Gasteiger partial charge is 0.456 e. The third-order valence-corrected chi connectivity index (χ3v) is 4.35. The smallest absolute Gasteiger partial charge is 0.326 e. The van der Waals surface area contributed by atoms with Crippen molar-refractivity contribution in [1.29, 1.82) is 0 Å². The molecule has 4 aromatic rings. The Balaban J connectivity index is 1.51. The van der Waals surface area contributed by atoms with Crippen LogP contribution in [0.15, 0.2) is 58.4 Å². The number of ether oxygens (including phenoxy) is 1. The number of aromatic amines is 1. The molecule has 8 nitrogen and oxygen atoms in total. The third-order valence-electron chi connectivity index (χ3n) is 4.12. The van der Waals surface area contributed by atoms with Gasteiger partial charge in [0.15, 0.2) is 0 Å². The molecule has 0 saturated heterocycles. The van der Waals surface area contributed by atoms with Gasteiger partial charge in [-0.2, -0.15) is 0 Å². The summed E-state index contributed by atoms with van der Waals surface area (Å²) in [7, 11) is 0. The number of hydrogen-bond donors (Lipinski definition) is 1. The fraction of sp³-hybridized carbons (Fsp3) is 0.105. The summed E-state index contributed by atoms with van der Waals surface area (Å²) in [6, 6.07) is 11.6. The molecule has 0 fully saturated rings. The lowest BCUT2D eigenvalue weighted by molar-refractivity contribution is -0.146. The fourth-order valence-corrected chi connectivity index (χ4v) is 2.95. The van der Waals surface area contributed by atoms with E-state index < -0.39 is 5.97 Å². The molecule has 2 aromatic carbocycles. The Kier molecular flexibility index (Phi) is 4.62. The number of H-pyrrole nitrogens is 1. The van der Waals surface area contributed by atoms with Crippen LogP contribution in [-0.2, 0) is 22.7 Å². The highest BCUT2D eigenvalue weighted by atomic mass is 35.5. The number of esters is 1. The van der Waals surface area contributed by atoms with Crippen LogP contribution in [-0.4, -0.2) is 25.5 Å². The highest BCUT2D eigenvalue weighted by Gasteiger charge is 2.11. The van der Waals surface area contributed by atoms with E-state index in [-0.39, 0.29) is 30.1 Å². The zero-order chi connectivity index (χ0) is 19.7. The molecule has 28 heavy (non-hydrogen) atoms. The first-order chi connectivity index (χ1) is 13.5. The van der Waals surface area contributed by atoms with Gasteiger partial charge in [-0.15, -0.1) is 0 Å². The SMILES string of the molecule is O=C(Cn1cnc2ccccc2c1=O)OCc1nc2cc(Cl)ccc2c(=O)[nH]1. The summed E-state index contributed by atoms with van der Waals surface area (Å²) in [6.45, 7) is -0.549. The van der Waals surface area contributed by atoms with E-state index >= 15 is 0 Å². The van der Waals surface area contributed by atoms with E-state index in [1.165, 1.54) is 10.9 Å². The van der Waals surface area contributed by atoms with Crippen molar-refractivity contribution < 1.29 is 9.53 Å². The van der Waals surface area contributed by atoms with Crippen molar-refractivity contribution in [3.05, 3.63) is 80.3 Å². The van der Waals surface area contributed by atoms with Crippen LogP contribution in [0.5, 0.6) is 0 Å². The van der Waals surface area contributed by atoms with Crippen LogP contribution in [0.1, 0.15) is 5.82 Å². The van der Waals surface area contributed by atoms with Gasteiger partial charge in [-0.1, -0.05) is 23.7 Å². The van der Waals surface area contributed by atoms with Crippen molar-refractivity contribution >= 4 is 39.4 Å². The number of benzene rings is 2. The minimum Gasteiger partial charge on any atom is -0.456 e. The van der Waals surface area contributed by atoms with Crippen LogP contribution < -0.4 is 11.1 Å². The van der Waals surface area contributed by atoms with Crippen molar-refractivity contribution in [2.45, 2.75) is 13.2 Å². The average Bonchev–Trinajstić information content (AvgIpc) is 2.68. The number of fused-ring (bicyclic) bond motifs is 2. The number of carbonyl (C=O) groups excluding carboxylic acids is 1. The van der Waals surface area contributed by atoms with E-state index in [0.29, 0.717) is 26.8 Å². The predicted molar refractivity (Wildman–Crippen MR) is 103 cm³/mol. The molecule has 1 N–H and O–H groups in total. The lowest BCUT2D eigenvalue weighted by Crippen LogP contribution is -2.26. The Hall–Kier alpha value is -3.52. The number of nitrogens with zero attached hydrogens (tertiary/aromatic N) is 3. The minimum absolute atomic E-state index is 0.178. The topological polar surface area (TPSA) is 107 Å². The standard InChI is InChI=1S/C19H13ClN4O4/c20-11-5-6-12-15(7-11)22-16(23-18(12)26)9-28-17(25)8-24-10-21-14-4-2-1-3-13(14)19(24)27/h1-7,10H,8-9H2,(H,22,23,26). The summed E-state index contributed by atoms with van der Waals surface area (Å²) in [6.07, 6.45) is 1.30. The quantitative estimate of drug-likeness (QED) is 0.529. The molecule has 0 atom stereocenters. The summed E-state index contributed by atoms with van der Waals surface area (Å²) >= 11 is 5.92. The number of nitrogens with one attached hydrogen (secondary N) is 1. The van der Waals surface area contributed by atoms with Gasteiger partial charge in [-0.25, -0.2) is 9.97 Å². The van der Waals surface area contributed by atoms with E-state index in [1.807, 2.05) is 0 Å². The van der Waals surface area contributed by atoms with E-state index in [4.69, 9.17) is 16.3 Å². The van der Waals surface area contributed by atoms with Crippen molar-refractivity contribution in [3.8, 4) is 0 Å². The lowest BCUT2D eigenvalue weighted by Gasteiger charge is -2.08. The summed E-state index contributed by atoms with van der Waals surface area (Å²) in [4.78, 5) is 47.6. The number of carbonyl (C=O) groups is 1. The molecular weight excluding hydrogens is 384 g/mol. The molecule has 0 spiro atoms. The molecule has 0 aliphatic carbocycles. The van der Waals surface area contributed by atoms with E-state index in [2.05, 4.69) is 15.0 Å². The first-order valence-corrected chi connectivity index (χ1v) is 8.67. The monoisotopic (exact) mass is 396 g/mol. The Bertz CT molecular complexity index is 1330. The molecule has 9 heteroatoms. The van der Waals surface area contributed by atoms with Gasteiger partial charge >= 0.3 is 5.97 Å². The first kappa shape index (κ1) is 17.9. The van der Waals surface area contributed by atoms with Gasteiger partial charge in [0.1, 0.15) is 19.0 Å². The van der Waals surface area contributed by atoms with Gasteiger partial charge in [-0.05, 0) is 30.3 Å². The van der Waals surface area contributed by atoms with Gasteiger partial charge in [0.2, 0.25) is 0 Å². The Labute approximate surface area is 162 Å². The van der Waals surface area contributed by atoms with Crippen LogP contribution in [0.3, 0.4) is 0 Å². The Morgan fingerprint density at radius 2 is 1.93 bits per heavy atom. The molecule has 0 aliphatic rings. The fourth-order valence-electron chi connectivity index (χ4n) is 2.78. The molecule has 0 unspecified atom stereocenters. The molecule has 140 valence electrons. The molecule has 0 radical (unpaired) electrons.